The van der Waals surface area contributed by atoms with E-state index in [0.29, 0.717) is 5.75 Å². The van der Waals surface area contributed by atoms with Gasteiger partial charge in [-0.2, -0.15) is 13.2 Å². The summed E-state index contributed by atoms with van der Waals surface area (Å²) in [5, 5.41) is 8.88. The molecule has 0 fully saturated rings. The minimum Gasteiger partial charge on any atom is -0.478 e. The van der Waals surface area contributed by atoms with E-state index in [0.717, 1.165) is 17.8 Å². The van der Waals surface area contributed by atoms with E-state index in [1.807, 2.05) is 32.9 Å². The zero-order valence-electron chi connectivity index (χ0n) is 17.6. The van der Waals surface area contributed by atoms with Crippen molar-refractivity contribution in [3.63, 3.8) is 0 Å². The zero-order valence-corrected chi connectivity index (χ0v) is 17.6. The molecule has 1 N–H and O–H groups in total. The number of aromatic nitrogens is 1. The molecule has 7 heteroatoms. The zero-order chi connectivity index (χ0) is 23.5. The van der Waals surface area contributed by atoms with Gasteiger partial charge in [-0.3, -0.25) is 0 Å². The first-order valence-electron chi connectivity index (χ1n) is 9.64. The molecule has 0 bridgehead atoms. The Labute approximate surface area is 183 Å². The van der Waals surface area contributed by atoms with Gasteiger partial charge in [-0.25, -0.2) is 9.78 Å². The van der Waals surface area contributed by atoms with Gasteiger partial charge >= 0.3 is 12.1 Å². The molecule has 0 aliphatic rings. The van der Waals surface area contributed by atoms with Crippen LogP contribution >= 0.6 is 0 Å². The van der Waals surface area contributed by atoms with Crippen molar-refractivity contribution in [3.05, 3.63) is 88.7 Å². The van der Waals surface area contributed by atoms with Gasteiger partial charge in [-0.05, 0) is 59.4 Å². The third kappa shape index (κ3) is 5.67. The predicted molar refractivity (Wildman–Crippen MR) is 114 cm³/mol. The lowest BCUT2D eigenvalue weighted by atomic mass is 9.87. The molecule has 1 heterocycles. The van der Waals surface area contributed by atoms with Crippen molar-refractivity contribution in [1.82, 2.24) is 4.98 Å². The largest absolute Gasteiger partial charge is 0.478 e. The lowest BCUT2D eigenvalue weighted by Gasteiger charge is -2.19. The maximum Gasteiger partial charge on any atom is 0.420 e. The van der Waals surface area contributed by atoms with E-state index < -0.39 is 17.7 Å². The molecule has 0 spiro atoms. The Balaban J connectivity index is 1.88. The van der Waals surface area contributed by atoms with Crippen molar-refractivity contribution in [3.8, 4) is 23.3 Å². The van der Waals surface area contributed by atoms with E-state index >= 15 is 0 Å². The van der Waals surface area contributed by atoms with Crippen LogP contribution in [0.2, 0.25) is 0 Å². The van der Waals surface area contributed by atoms with Gasteiger partial charge in [0.25, 0.3) is 0 Å². The van der Waals surface area contributed by atoms with Crippen molar-refractivity contribution in [2.75, 3.05) is 0 Å². The minimum absolute atomic E-state index is 0.00746. The molecule has 0 atom stereocenters. The number of halogens is 3. The number of rotatable bonds is 3. The van der Waals surface area contributed by atoms with Gasteiger partial charge in [0.15, 0.2) is 0 Å². The summed E-state index contributed by atoms with van der Waals surface area (Å²) in [5.41, 5.74) is 0.361. The number of aromatic carboxylic acids is 1. The Morgan fingerprint density at radius 1 is 0.969 bits per heavy atom. The summed E-state index contributed by atoms with van der Waals surface area (Å²) in [4.78, 5) is 14.7. The Hall–Kier alpha value is -3.79. The third-order valence-corrected chi connectivity index (χ3v) is 4.58. The van der Waals surface area contributed by atoms with Crippen molar-refractivity contribution in [2.24, 2.45) is 0 Å². The van der Waals surface area contributed by atoms with Crippen molar-refractivity contribution < 1.29 is 27.8 Å². The molecule has 0 aliphatic heterocycles. The topological polar surface area (TPSA) is 59.4 Å². The highest BCUT2D eigenvalue weighted by Crippen LogP contribution is 2.39. The Kier molecular flexibility index (Phi) is 6.26. The highest BCUT2D eigenvalue weighted by molar-refractivity contribution is 5.87. The van der Waals surface area contributed by atoms with Gasteiger partial charge in [0.2, 0.25) is 0 Å². The lowest BCUT2D eigenvalue weighted by molar-refractivity contribution is -0.138. The molecule has 32 heavy (non-hydrogen) atoms. The maximum absolute atomic E-state index is 13.6. The number of carboxylic acids is 1. The van der Waals surface area contributed by atoms with Crippen LogP contribution in [0.25, 0.3) is 0 Å². The second-order valence-corrected chi connectivity index (χ2v) is 8.07. The third-order valence-electron chi connectivity index (χ3n) is 4.58. The monoisotopic (exact) mass is 439 g/mol. The summed E-state index contributed by atoms with van der Waals surface area (Å²) >= 11 is 0. The summed E-state index contributed by atoms with van der Waals surface area (Å²) in [6, 6.07) is 13.2. The fourth-order valence-electron chi connectivity index (χ4n) is 2.80. The average molecular weight is 439 g/mol. The van der Waals surface area contributed by atoms with Gasteiger partial charge in [-0.15, -0.1) is 0 Å². The Morgan fingerprint density at radius 3 is 2.19 bits per heavy atom. The number of benzene rings is 2. The summed E-state index contributed by atoms with van der Waals surface area (Å²) in [6.45, 7) is 6.13. The molecule has 3 aromatic rings. The fraction of sp³-hybridized carbons (Fsp3) is 0.200. The molecule has 2 aromatic carbocycles. The van der Waals surface area contributed by atoms with Crippen LogP contribution < -0.4 is 4.74 Å². The van der Waals surface area contributed by atoms with Crippen LogP contribution in [0.15, 0.2) is 60.8 Å². The minimum atomic E-state index is -4.64. The van der Waals surface area contributed by atoms with Gasteiger partial charge in [0.05, 0.1) is 11.1 Å². The molecule has 164 valence electrons. The highest BCUT2D eigenvalue weighted by Gasteiger charge is 2.35. The molecular formula is C25H20F3NO3. The number of carbonyl (C=O) groups is 1. The number of carboxylic acid groups (broad SMARTS) is 1. The van der Waals surface area contributed by atoms with Crippen LogP contribution in [-0.2, 0) is 11.6 Å². The summed E-state index contributed by atoms with van der Waals surface area (Å²) in [7, 11) is 0. The van der Waals surface area contributed by atoms with E-state index in [1.165, 1.54) is 24.3 Å². The molecule has 0 saturated carbocycles. The molecule has 0 amide bonds. The van der Waals surface area contributed by atoms with Crippen LogP contribution in [-0.4, -0.2) is 16.1 Å². The maximum atomic E-state index is 13.6. The molecule has 3 rings (SSSR count). The van der Waals surface area contributed by atoms with E-state index in [2.05, 4.69) is 16.8 Å². The molecule has 0 saturated heterocycles. The molecular weight excluding hydrogens is 419 g/mol. The fourth-order valence-corrected chi connectivity index (χ4v) is 2.80. The second kappa shape index (κ2) is 8.75. The van der Waals surface area contributed by atoms with E-state index in [1.54, 1.807) is 12.1 Å². The van der Waals surface area contributed by atoms with Crippen molar-refractivity contribution >= 4 is 5.97 Å². The quantitative estimate of drug-likeness (QED) is 0.488. The van der Waals surface area contributed by atoms with Crippen LogP contribution in [0.3, 0.4) is 0 Å². The first kappa shape index (κ1) is 22.9. The first-order valence-corrected chi connectivity index (χ1v) is 9.64. The van der Waals surface area contributed by atoms with Gasteiger partial charge < -0.3 is 9.84 Å². The molecule has 1 aromatic heterocycles. The van der Waals surface area contributed by atoms with E-state index in [9.17, 15) is 18.0 Å². The van der Waals surface area contributed by atoms with Crippen LogP contribution in [0.1, 0.15) is 53.5 Å². The Morgan fingerprint density at radius 2 is 1.66 bits per heavy atom. The molecule has 0 aliphatic carbocycles. The molecule has 0 radical (unpaired) electrons. The van der Waals surface area contributed by atoms with E-state index in [-0.39, 0.29) is 28.0 Å². The van der Waals surface area contributed by atoms with Crippen LogP contribution in [0.4, 0.5) is 13.2 Å². The van der Waals surface area contributed by atoms with Gasteiger partial charge in [-0.1, -0.05) is 38.8 Å². The average Bonchev–Trinajstić information content (AvgIpc) is 2.72. The second-order valence-electron chi connectivity index (χ2n) is 8.07. The van der Waals surface area contributed by atoms with E-state index in [4.69, 9.17) is 9.84 Å². The number of pyridine rings is 1. The summed E-state index contributed by atoms with van der Waals surface area (Å²) < 4.78 is 46.4. The van der Waals surface area contributed by atoms with Crippen molar-refractivity contribution in [2.45, 2.75) is 32.4 Å². The number of ether oxygens (including phenoxy) is 1. The van der Waals surface area contributed by atoms with Crippen LogP contribution in [0.5, 0.6) is 11.5 Å². The normalized spacial score (nSPS) is 11.4. The molecule has 0 unspecified atom stereocenters. The number of nitrogens with zero attached hydrogens (tertiary/aromatic N) is 1. The molecule has 4 nitrogen and oxygen atoms in total. The van der Waals surface area contributed by atoms with Crippen LogP contribution in [0, 0.1) is 11.8 Å². The first-order chi connectivity index (χ1) is 14.9. The number of hydrogen-bond donors (Lipinski definition) is 1. The summed E-state index contributed by atoms with van der Waals surface area (Å²) in [6.07, 6.45) is -3.50. The van der Waals surface area contributed by atoms with Gasteiger partial charge in [0.1, 0.15) is 17.2 Å². The standard InChI is InChI=1S/C25H20F3NO3/c1-24(2,3)18-7-11-20(12-8-18)32-22-13-5-16(14-21(22)25(26,27)28)4-9-19-10-6-17(15-29-19)23(30)31/h5-8,10-15H,1-3H3,(H,30,31). The summed E-state index contributed by atoms with van der Waals surface area (Å²) in [5.74, 6) is 4.10. The number of alkyl halides is 3. The Bertz CT molecular complexity index is 1180. The highest BCUT2D eigenvalue weighted by atomic mass is 19.4. The number of hydrogen-bond acceptors (Lipinski definition) is 3. The smallest absolute Gasteiger partial charge is 0.420 e. The lowest BCUT2D eigenvalue weighted by Crippen LogP contribution is -2.10. The van der Waals surface area contributed by atoms with Gasteiger partial charge in [0, 0.05) is 11.8 Å². The predicted octanol–water partition coefficient (Wildman–Crippen LogP) is 6.29. The van der Waals surface area contributed by atoms with Crippen molar-refractivity contribution in [1.29, 1.82) is 0 Å². The SMILES string of the molecule is CC(C)(C)c1ccc(Oc2ccc(C#Cc3ccc(C(=O)O)cn3)cc2C(F)(F)F)cc1.